The van der Waals surface area contributed by atoms with Crippen LogP contribution in [0.1, 0.15) is 26.3 Å². The molecule has 3 aromatic rings. The number of benzene rings is 2. The third kappa shape index (κ3) is 4.97. The number of rotatable bonds is 3. The van der Waals surface area contributed by atoms with Crippen LogP contribution in [0.2, 0.25) is 0 Å². The maximum absolute atomic E-state index is 12.3. The largest absolute Gasteiger partial charge is 0.444 e. The van der Waals surface area contributed by atoms with E-state index in [2.05, 4.69) is 35.3 Å². The van der Waals surface area contributed by atoms with E-state index in [0.717, 1.165) is 40.9 Å². The molecule has 1 aromatic heterocycles. The van der Waals surface area contributed by atoms with Crippen LogP contribution in [-0.4, -0.2) is 43.0 Å². The maximum Gasteiger partial charge on any atom is 0.412 e. The summed E-state index contributed by atoms with van der Waals surface area (Å²) in [5.41, 5.74) is 4.45. The van der Waals surface area contributed by atoms with Gasteiger partial charge in [-0.2, -0.15) is 0 Å². The van der Waals surface area contributed by atoms with Gasteiger partial charge in [0, 0.05) is 24.2 Å². The molecule has 6 nitrogen and oxygen atoms in total. The van der Waals surface area contributed by atoms with Gasteiger partial charge in [0.25, 0.3) is 0 Å². The number of carbonyl (C=O) groups is 1. The van der Waals surface area contributed by atoms with Gasteiger partial charge >= 0.3 is 6.09 Å². The fourth-order valence-electron chi connectivity index (χ4n) is 3.76. The van der Waals surface area contributed by atoms with Crippen LogP contribution in [0.4, 0.5) is 16.3 Å². The first-order valence-electron chi connectivity index (χ1n) is 10.6. The van der Waals surface area contributed by atoms with Crippen molar-refractivity contribution in [2.24, 2.45) is 0 Å². The summed E-state index contributed by atoms with van der Waals surface area (Å²) in [4.78, 5) is 19.4. The first-order chi connectivity index (χ1) is 14.8. The lowest BCUT2D eigenvalue weighted by Gasteiger charge is -2.28. The molecule has 1 amide bonds. The van der Waals surface area contributed by atoms with Gasteiger partial charge in [-0.25, -0.2) is 9.78 Å². The summed E-state index contributed by atoms with van der Waals surface area (Å²) in [7, 11) is 0. The number of hydrogen-bond acceptors (Lipinski definition) is 5. The highest BCUT2D eigenvalue weighted by atomic mass is 16.6. The molecule has 1 aliphatic rings. The summed E-state index contributed by atoms with van der Waals surface area (Å²) in [5, 5.41) is 3.83. The number of anilines is 2. The smallest absolute Gasteiger partial charge is 0.412 e. The molecule has 0 saturated carbocycles. The highest BCUT2D eigenvalue weighted by Gasteiger charge is 2.19. The van der Waals surface area contributed by atoms with Crippen molar-refractivity contribution in [3.8, 4) is 11.1 Å². The molecule has 0 bridgehead atoms. The second-order valence-corrected chi connectivity index (χ2v) is 8.80. The first kappa shape index (κ1) is 21.1. The lowest BCUT2D eigenvalue weighted by atomic mass is 9.96. The van der Waals surface area contributed by atoms with E-state index in [-0.39, 0.29) is 0 Å². The van der Waals surface area contributed by atoms with Crippen molar-refractivity contribution in [2.45, 2.75) is 33.3 Å². The molecular formula is C25H29N3O3. The van der Waals surface area contributed by atoms with E-state index >= 15 is 0 Å². The summed E-state index contributed by atoms with van der Waals surface area (Å²) >= 11 is 0. The number of ether oxygens (including phenoxy) is 2. The van der Waals surface area contributed by atoms with Crippen molar-refractivity contribution in [3.05, 3.63) is 54.1 Å². The molecule has 1 aliphatic heterocycles. The summed E-state index contributed by atoms with van der Waals surface area (Å²) in [6.45, 7) is 10.7. The van der Waals surface area contributed by atoms with Crippen LogP contribution in [0, 0.1) is 6.92 Å². The third-order valence-electron chi connectivity index (χ3n) is 5.21. The van der Waals surface area contributed by atoms with Crippen molar-refractivity contribution in [3.63, 3.8) is 0 Å². The van der Waals surface area contributed by atoms with Gasteiger partial charge in [0.1, 0.15) is 11.4 Å². The van der Waals surface area contributed by atoms with Gasteiger partial charge in [-0.05, 0) is 68.7 Å². The first-order valence-corrected chi connectivity index (χ1v) is 10.6. The average Bonchev–Trinajstić information content (AvgIpc) is 2.73. The average molecular weight is 420 g/mol. The van der Waals surface area contributed by atoms with E-state index in [0.29, 0.717) is 18.9 Å². The minimum Gasteiger partial charge on any atom is -0.444 e. The molecule has 162 valence electrons. The van der Waals surface area contributed by atoms with Crippen LogP contribution in [0.3, 0.4) is 0 Å². The van der Waals surface area contributed by atoms with Gasteiger partial charge in [-0.1, -0.05) is 24.3 Å². The van der Waals surface area contributed by atoms with E-state index in [1.54, 1.807) is 0 Å². The molecule has 31 heavy (non-hydrogen) atoms. The lowest BCUT2D eigenvalue weighted by molar-refractivity contribution is 0.0636. The fourth-order valence-corrected chi connectivity index (χ4v) is 3.76. The summed E-state index contributed by atoms with van der Waals surface area (Å²) in [6, 6.07) is 16.3. The Morgan fingerprint density at radius 2 is 1.81 bits per heavy atom. The maximum atomic E-state index is 12.3. The van der Waals surface area contributed by atoms with Crippen LogP contribution in [-0.2, 0) is 9.47 Å². The minimum absolute atomic E-state index is 0.470. The Morgan fingerprint density at radius 3 is 2.52 bits per heavy atom. The molecule has 0 aliphatic carbocycles. The Hall–Kier alpha value is -3.12. The van der Waals surface area contributed by atoms with Gasteiger partial charge in [0.2, 0.25) is 0 Å². The number of fused-ring (bicyclic) bond motifs is 1. The molecule has 4 rings (SSSR count). The fraction of sp³-hybridized carbons (Fsp3) is 0.360. The quantitative estimate of drug-likeness (QED) is 0.616. The number of morpholine rings is 1. The second-order valence-electron chi connectivity index (χ2n) is 8.80. The summed E-state index contributed by atoms with van der Waals surface area (Å²) < 4.78 is 10.9. The zero-order valence-corrected chi connectivity index (χ0v) is 18.6. The Labute approximate surface area is 183 Å². The molecule has 0 spiro atoms. The molecule has 2 aromatic carbocycles. The monoisotopic (exact) mass is 419 g/mol. The van der Waals surface area contributed by atoms with Gasteiger partial charge in [-0.3, -0.25) is 5.32 Å². The van der Waals surface area contributed by atoms with Crippen molar-refractivity contribution >= 4 is 28.5 Å². The number of aromatic nitrogens is 1. The van der Waals surface area contributed by atoms with Gasteiger partial charge in [0.05, 0.1) is 18.7 Å². The number of carbonyl (C=O) groups excluding carboxylic acids is 1. The van der Waals surface area contributed by atoms with Gasteiger partial charge in [0.15, 0.2) is 0 Å². The molecule has 0 radical (unpaired) electrons. The molecule has 0 atom stereocenters. The van der Waals surface area contributed by atoms with E-state index in [1.807, 2.05) is 51.1 Å². The van der Waals surface area contributed by atoms with E-state index in [9.17, 15) is 4.79 Å². The van der Waals surface area contributed by atoms with Crippen molar-refractivity contribution in [2.75, 3.05) is 36.5 Å². The van der Waals surface area contributed by atoms with E-state index in [4.69, 9.17) is 14.5 Å². The molecule has 6 heteroatoms. The Balaban J connectivity index is 1.79. The summed E-state index contributed by atoms with van der Waals surface area (Å²) in [6.07, 6.45) is -0.470. The van der Waals surface area contributed by atoms with Crippen LogP contribution >= 0.6 is 0 Å². The summed E-state index contributed by atoms with van der Waals surface area (Å²) in [5.74, 6) is 0.946. The van der Waals surface area contributed by atoms with Crippen molar-refractivity contribution in [1.29, 1.82) is 0 Å². The molecule has 1 N–H and O–H groups in total. The standard InChI is InChI=1S/C25H29N3O3/c1-17-7-5-6-8-19(17)20-16-23(28-11-13-30-14-12-28)27-22-10-9-18(15-21(20)22)26-24(29)31-25(2,3)4/h5-10,15-16H,11-14H2,1-4H3,(H,26,29). The predicted molar refractivity (Wildman–Crippen MR) is 125 cm³/mol. The Morgan fingerprint density at radius 1 is 1.06 bits per heavy atom. The van der Waals surface area contributed by atoms with E-state index in [1.165, 1.54) is 5.56 Å². The van der Waals surface area contributed by atoms with Gasteiger partial charge in [-0.15, -0.1) is 0 Å². The van der Waals surface area contributed by atoms with Crippen LogP contribution in [0.25, 0.3) is 22.0 Å². The molecule has 1 saturated heterocycles. The number of amides is 1. The topological polar surface area (TPSA) is 63.7 Å². The van der Waals surface area contributed by atoms with Crippen LogP contribution in [0.5, 0.6) is 0 Å². The molecule has 0 unspecified atom stereocenters. The van der Waals surface area contributed by atoms with Crippen molar-refractivity contribution < 1.29 is 14.3 Å². The highest BCUT2D eigenvalue weighted by Crippen LogP contribution is 2.35. The van der Waals surface area contributed by atoms with Gasteiger partial charge < -0.3 is 14.4 Å². The lowest BCUT2D eigenvalue weighted by Crippen LogP contribution is -2.36. The molecular weight excluding hydrogens is 390 g/mol. The zero-order chi connectivity index (χ0) is 22.0. The third-order valence-corrected chi connectivity index (χ3v) is 5.21. The SMILES string of the molecule is Cc1ccccc1-c1cc(N2CCOCC2)nc2ccc(NC(=O)OC(C)(C)C)cc12. The number of pyridine rings is 1. The van der Waals surface area contributed by atoms with Crippen LogP contribution in [0.15, 0.2) is 48.5 Å². The molecule has 1 fully saturated rings. The van der Waals surface area contributed by atoms with E-state index < -0.39 is 11.7 Å². The number of hydrogen-bond donors (Lipinski definition) is 1. The number of nitrogens with zero attached hydrogens (tertiary/aromatic N) is 2. The minimum atomic E-state index is -0.554. The number of aryl methyl sites for hydroxylation is 1. The Kier molecular flexibility index (Phi) is 5.83. The second kappa shape index (κ2) is 8.55. The van der Waals surface area contributed by atoms with Crippen molar-refractivity contribution in [1.82, 2.24) is 4.98 Å². The Bertz CT molecular complexity index is 1100. The van der Waals surface area contributed by atoms with Crippen LogP contribution < -0.4 is 10.2 Å². The predicted octanol–water partition coefficient (Wildman–Crippen LogP) is 5.39. The zero-order valence-electron chi connectivity index (χ0n) is 18.6. The number of nitrogens with one attached hydrogen (secondary N) is 1. The molecule has 2 heterocycles. The highest BCUT2D eigenvalue weighted by molar-refractivity contribution is 6.00. The normalized spacial score (nSPS) is 14.5.